The van der Waals surface area contributed by atoms with E-state index in [1.54, 1.807) is 12.4 Å². The lowest BCUT2D eigenvalue weighted by atomic mass is 10.3. The molecule has 0 aliphatic rings. The van der Waals surface area contributed by atoms with E-state index in [0.29, 0.717) is 5.69 Å². The van der Waals surface area contributed by atoms with Crippen LogP contribution in [0.1, 0.15) is 26.8 Å². The van der Waals surface area contributed by atoms with Gasteiger partial charge in [-0.3, -0.25) is 4.79 Å². The molecule has 5 heteroatoms. The number of amides is 1. The monoisotopic (exact) mass is 218 g/mol. The highest BCUT2D eigenvalue weighted by molar-refractivity contribution is 5.90. The second kappa shape index (κ2) is 3.92. The van der Waals surface area contributed by atoms with E-state index < -0.39 is 0 Å². The van der Waals surface area contributed by atoms with Crippen LogP contribution in [0.3, 0.4) is 0 Å². The van der Waals surface area contributed by atoms with Crippen molar-refractivity contribution in [2.75, 3.05) is 5.32 Å². The Labute approximate surface area is 93.5 Å². The van der Waals surface area contributed by atoms with Gasteiger partial charge in [0.1, 0.15) is 0 Å². The Balaban J connectivity index is 2.45. The summed E-state index contributed by atoms with van der Waals surface area (Å²) < 4.78 is 1.85. The van der Waals surface area contributed by atoms with Gasteiger partial charge in [-0.15, -0.1) is 0 Å². The Morgan fingerprint density at radius 2 is 2.19 bits per heavy atom. The number of aromatic nitrogens is 3. The van der Waals surface area contributed by atoms with Crippen LogP contribution < -0.4 is 5.32 Å². The van der Waals surface area contributed by atoms with Crippen LogP contribution >= 0.6 is 0 Å². The van der Waals surface area contributed by atoms with Crippen molar-refractivity contribution in [3.05, 3.63) is 18.5 Å². The Bertz CT molecular complexity index is 530. The number of nitrogens with zero attached hydrogens (tertiary/aromatic N) is 3. The summed E-state index contributed by atoms with van der Waals surface area (Å²) in [6.07, 6.45) is 3.40. The molecular formula is C11H14N4O. The van der Waals surface area contributed by atoms with Crippen LogP contribution in [0.2, 0.25) is 0 Å². The van der Waals surface area contributed by atoms with Crippen molar-refractivity contribution in [3.8, 4) is 0 Å². The summed E-state index contributed by atoms with van der Waals surface area (Å²) in [7, 11) is 0. The fourth-order valence-corrected chi connectivity index (χ4v) is 1.59. The first-order chi connectivity index (χ1) is 7.58. The van der Waals surface area contributed by atoms with Gasteiger partial charge in [-0.25, -0.2) is 9.67 Å². The van der Waals surface area contributed by atoms with Gasteiger partial charge in [0.15, 0.2) is 5.65 Å². The van der Waals surface area contributed by atoms with E-state index >= 15 is 0 Å². The summed E-state index contributed by atoms with van der Waals surface area (Å²) in [5, 5.41) is 7.88. The number of rotatable bonds is 2. The maximum absolute atomic E-state index is 10.9. The third kappa shape index (κ3) is 1.88. The molecule has 0 bridgehead atoms. The molecule has 2 aromatic rings. The molecule has 0 aromatic carbocycles. The smallest absolute Gasteiger partial charge is 0.221 e. The van der Waals surface area contributed by atoms with E-state index in [1.807, 2.05) is 10.7 Å². The molecule has 0 fully saturated rings. The van der Waals surface area contributed by atoms with Gasteiger partial charge in [0.25, 0.3) is 0 Å². The standard InChI is InChI=1S/C11H14N4O/c1-7(2)15-11-9(5-13-15)4-10(6-12-11)14-8(3)16/h4-7H,1-3H3,(H,14,16). The predicted octanol–water partition coefficient (Wildman–Crippen LogP) is 1.97. The molecule has 5 nitrogen and oxygen atoms in total. The van der Waals surface area contributed by atoms with Gasteiger partial charge in [-0.05, 0) is 19.9 Å². The summed E-state index contributed by atoms with van der Waals surface area (Å²) in [5.74, 6) is -0.0996. The van der Waals surface area contributed by atoms with Crippen LogP contribution in [0.4, 0.5) is 5.69 Å². The Morgan fingerprint density at radius 1 is 1.44 bits per heavy atom. The van der Waals surface area contributed by atoms with Crippen LogP contribution in [0.15, 0.2) is 18.5 Å². The van der Waals surface area contributed by atoms with Crippen molar-refractivity contribution >= 4 is 22.6 Å². The molecule has 2 rings (SSSR count). The van der Waals surface area contributed by atoms with Crippen molar-refractivity contribution in [3.63, 3.8) is 0 Å². The second-order valence-electron chi connectivity index (χ2n) is 4.00. The lowest BCUT2D eigenvalue weighted by Crippen LogP contribution is -2.06. The predicted molar refractivity (Wildman–Crippen MR) is 62.2 cm³/mol. The van der Waals surface area contributed by atoms with Crippen molar-refractivity contribution in [2.24, 2.45) is 0 Å². The normalized spacial score (nSPS) is 11.0. The second-order valence-corrected chi connectivity index (χ2v) is 4.00. The quantitative estimate of drug-likeness (QED) is 0.838. The average molecular weight is 218 g/mol. The van der Waals surface area contributed by atoms with Gasteiger partial charge >= 0.3 is 0 Å². The highest BCUT2D eigenvalue weighted by Gasteiger charge is 2.07. The molecule has 2 aromatic heterocycles. The molecule has 0 radical (unpaired) electrons. The third-order valence-electron chi connectivity index (χ3n) is 2.24. The van der Waals surface area contributed by atoms with Gasteiger partial charge in [0, 0.05) is 18.4 Å². The Morgan fingerprint density at radius 3 is 2.81 bits per heavy atom. The number of pyridine rings is 1. The van der Waals surface area contributed by atoms with Gasteiger partial charge in [0.2, 0.25) is 5.91 Å². The molecule has 1 N–H and O–H groups in total. The number of hydrogen-bond donors (Lipinski definition) is 1. The summed E-state index contributed by atoms with van der Waals surface area (Å²) in [5.41, 5.74) is 1.53. The van der Waals surface area contributed by atoms with Crippen molar-refractivity contribution in [1.29, 1.82) is 0 Å². The molecule has 1 amide bonds. The molecule has 0 unspecified atom stereocenters. The minimum Gasteiger partial charge on any atom is -0.325 e. The van der Waals surface area contributed by atoms with Crippen molar-refractivity contribution in [2.45, 2.75) is 26.8 Å². The van der Waals surface area contributed by atoms with E-state index in [2.05, 4.69) is 29.2 Å². The average Bonchev–Trinajstić information content (AvgIpc) is 2.59. The van der Waals surface area contributed by atoms with Gasteiger partial charge in [-0.2, -0.15) is 5.10 Å². The first-order valence-corrected chi connectivity index (χ1v) is 5.19. The summed E-state index contributed by atoms with van der Waals surface area (Å²) in [6.45, 7) is 5.58. The third-order valence-corrected chi connectivity index (χ3v) is 2.24. The maximum Gasteiger partial charge on any atom is 0.221 e. The van der Waals surface area contributed by atoms with Crippen LogP contribution in [-0.4, -0.2) is 20.7 Å². The molecular weight excluding hydrogens is 204 g/mol. The first kappa shape index (κ1) is 10.6. The van der Waals surface area contributed by atoms with Gasteiger partial charge in [-0.1, -0.05) is 0 Å². The van der Waals surface area contributed by atoms with E-state index in [4.69, 9.17) is 0 Å². The van der Waals surface area contributed by atoms with Crippen molar-refractivity contribution < 1.29 is 4.79 Å². The number of fused-ring (bicyclic) bond motifs is 1. The van der Waals surface area contributed by atoms with E-state index in [-0.39, 0.29) is 11.9 Å². The fourth-order valence-electron chi connectivity index (χ4n) is 1.59. The fraction of sp³-hybridized carbons (Fsp3) is 0.364. The van der Waals surface area contributed by atoms with Crippen LogP contribution in [0, 0.1) is 0 Å². The molecule has 0 saturated carbocycles. The van der Waals surface area contributed by atoms with Crippen LogP contribution in [0.25, 0.3) is 11.0 Å². The number of nitrogens with one attached hydrogen (secondary N) is 1. The van der Waals surface area contributed by atoms with Gasteiger partial charge < -0.3 is 5.32 Å². The minimum atomic E-state index is -0.0996. The zero-order valence-corrected chi connectivity index (χ0v) is 9.56. The number of hydrogen-bond acceptors (Lipinski definition) is 3. The van der Waals surface area contributed by atoms with Crippen LogP contribution in [0.5, 0.6) is 0 Å². The molecule has 0 atom stereocenters. The highest BCUT2D eigenvalue weighted by atomic mass is 16.1. The molecule has 0 aliphatic carbocycles. The lowest BCUT2D eigenvalue weighted by molar-refractivity contribution is -0.114. The summed E-state index contributed by atoms with van der Waals surface area (Å²) in [4.78, 5) is 15.2. The van der Waals surface area contributed by atoms with E-state index in [0.717, 1.165) is 11.0 Å². The SMILES string of the molecule is CC(=O)Nc1cnc2c(cnn2C(C)C)c1. The first-order valence-electron chi connectivity index (χ1n) is 5.19. The molecule has 16 heavy (non-hydrogen) atoms. The molecule has 0 spiro atoms. The zero-order valence-electron chi connectivity index (χ0n) is 9.56. The minimum absolute atomic E-state index is 0.0996. The van der Waals surface area contributed by atoms with Crippen molar-refractivity contribution in [1.82, 2.24) is 14.8 Å². The highest BCUT2D eigenvalue weighted by Crippen LogP contribution is 2.18. The Hall–Kier alpha value is -1.91. The molecule has 2 heterocycles. The molecule has 84 valence electrons. The van der Waals surface area contributed by atoms with E-state index in [9.17, 15) is 4.79 Å². The van der Waals surface area contributed by atoms with E-state index in [1.165, 1.54) is 6.92 Å². The summed E-state index contributed by atoms with van der Waals surface area (Å²) >= 11 is 0. The summed E-state index contributed by atoms with van der Waals surface area (Å²) in [6, 6.07) is 2.15. The van der Waals surface area contributed by atoms with Gasteiger partial charge in [0.05, 0.1) is 18.1 Å². The number of carbonyl (C=O) groups is 1. The Kier molecular flexibility index (Phi) is 2.60. The van der Waals surface area contributed by atoms with Crippen LogP contribution in [-0.2, 0) is 4.79 Å². The lowest BCUT2D eigenvalue weighted by Gasteiger charge is -2.06. The number of carbonyl (C=O) groups excluding carboxylic acids is 1. The topological polar surface area (TPSA) is 59.8 Å². The largest absolute Gasteiger partial charge is 0.325 e. The molecule has 0 aliphatic heterocycles. The zero-order chi connectivity index (χ0) is 11.7. The number of anilines is 1. The maximum atomic E-state index is 10.9. The molecule has 0 saturated heterocycles.